The summed E-state index contributed by atoms with van der Waals surface area (Å²) in [5, 5.41) is 4.30. The van der Waals surface area contributed by atoms with Crippen molar-refractivity contribution in [1.29, 1.82) is 0 Å². The highest BCUT2D eigenvalue weighted by Gasteiger charge is 2.56. The van der Waals surface area contributed by atoms with Crippen LogP contribution in [0, 0.1) is 0 Å². The Bertz CT molecular complexity index is 2360. The van der Waals surface area contributed by atoms with Crippen molar-refractivity contribution in [3.63, 3.8) is 0 Å². The van der Waals surface area contributed by atoms with Crippen molar-refractivity contribution in [2.24, 2.45) is 0 Å². The standard InChI is InChI=1S/C22H44O5Si7.C13H30O5Si5.C12H26O3Si4.2C4H14OSi2/c1-28(2)23-33(24-29(3)4,21-17-13-11-14-18-21)26-32(9,10)27-34(31(7)8,25-30(5)6)22-19-15-12-16-20-22;1-19(2)15-22(7,14)18-23(16-20(3)4,17-21(5)6)13-11-9-8-10-12-13;1-16(2)13-19(14-17(3)4,15-18(5)6)12-10-8-7-9-11-12;2*1-6(2)5-7(3)4/h11-20,28-31H,1-10H3;8-12,14,19-21H,1-7H3;7-11,16-18H,1-6H3;2*6-7H,1-4H3. The number of hydrogen-bond acceptors (Lipinski definition) is 15. The van der Waals surface area contributed by atoms with Gasteiger partial charge in [-0.3, -0.25) is 0 Å². The Morgan fingerprint density at radius 3 is 0.689 bits per heavy atom. The van der Waals surface area contributed by atoms with Crippen LogP contribution in [0.4, 0.5) is 0 Å². The van der Waals surface area contributed by atoms with Crippen molar-refractivity contribution >= 4 is 198 Å². The fourth-order valence-corrected chi connectivity index (χ4v) is 80.1. The zero-order valence-corrected chi connectivity index (χ0v) is 84.0. The maximum atomic E-state index is 10.7. The summed E-state index contributed by atoms with van der Waals surface area (Å²) in [6, 6.07) is 41.0. The molecule has 0 heterocycles. The molecule has 0 amide bonds. The average molecular weight is 1590 g/mol. The predicted molar refractivity (Wildman–Crippen MR) is 438 cm³/mol. The third-order valence-corrected chi connectivity index (χ3v) is 71.1. The van der Waals surface area contributed by atoms with E-state index in [9.17, 15) is 4.80 Å². The van der Waals surface area contributed by atoms with Crippen LogP contribution in [0.1, 0.15) is 0 Å². The van der Waals surface area contributed by atoms with E-state index in [1.54, 1.807) is 6.55 Å². The molecule has 0 aliphatic heterocycles. The minimum absolute atomic E-state index is 0.667. The van der Waals surface area contributed by atoms with Crippen LogP contribution in [-0.4, -0.2) is 182 Å². The molecule has 0 aromatic heterocycles. The molecule has 0 aliphatic rings. The van der Waals surface area contributed by atoms with Crippen molar-refractivity contribution in [1.82, 2.24) is 0 Å². The normalized spacial score (nSPS) is 14.0. The lowest BCUT2D eigenvalue weighted by atomic mass is 10.4. The average Bonchev–Trinajstić information content (AvgIpc) is 0.787. The zero-order chi connectivity index (χ0) is 69.4. The van der Waals surface area contributed by atoms with Crippen molar-refractivity contribution in [2.45, 2.75) is 203 Å². The summed E-state index contributed by atoms with van der Waals surface area (Å²) in [5.74, 6) is 0. The minimum atomic E-state index is -3.30. The molecular formula is C55H128O15Si20. The first-order valence-corrected chi connectivity index (χ1v) is 85.3. The Labute approximate surface area is 580 Å². The van der Waals surface area contributed by atoms with Gasteiger partial charge in [0, 0.05) is 22.1 Å². The van der Waals surface area contributed by atoms with Gasteiger partial charge in [-0.1, -0.05) is 134 Å². The Morgan fingerprint density at radius 2 is 0.467 bits per heavy atom. The molecule has 0 saturated heterocycles. The number of hydrogen-bond donors (Lipinski definition) is 1. The topological polar surface area (TPSA) is 149 Å². The summed E-state index contributed by atoms with van der Waals surface area (Å²) >= 11 is 0. The van der Waals surface area contributed by atoms with Crippen LogP contribution >= 0.6 is 0 Å². The van der Waals surface area contributed by atoms with Gasteiger partial charge in [0.2, 0.25) is 0 Å². The van der Waals surface area contributed by atoms with E-state index in [0.717, 1.165) is 15.6 Å². The van der Waals surface area contributed by atoms with Crippen molar-refractivity contribution in [3.8, 4) is 0 Å². The van der Waals surface area contributed by atoms with Gasteiger partial charge in [-0.2, -0.15) is 0 Å². The highest BCUT2D eigenvalue weighted by atomic mass is 29.3. The van der Waals surface area contributed by atoms with E-state index in [1.165, 1.54) is 5.19 Å². The third kappa shape index (κ3) is 38.1. The zero-order valence-electron chi connectivity index (χ0n) is 61.8. The summed E-state index contributed by atoms with van der Waals surface area (Å²) in [4.78, 5) is 10.7. The molecule has 518 valence electrons. The molecular weight excluding hydrogens is 1460 g/mol. The SMILES string of the molecule is C[SiH](C)O[SiH](C)C.C[SiH](C)O[SiH](C)C.C[SiH](C)O[Si](C)(O)O[Si](O[SiH](C)C)(O[SiH](C)C)c1ccccc1.C[SiH](C)O[Si](O[SiH](C)C)(O[SiH](C)C)c1ccccc1.C[SiH](C)O[Si](O[SiH](C)C)(O[Si](C)(C)O[Si](O[SiH](C)C)(c1ccccc1)[SiH](C)C)c1ccccc1. The fraction of sp³-hybridized carbons (Fsp3) is 0.564. The quantitative estimate of drug-likeness (QED) is 0.0453. The summed E-state index contributed by atoms with van der Waals surface area (Å²) in [7, 11) is -34.1. The van der Waals surface area contributed by atoms with Gasteiger partial charge in [0.15, 0.2) is 118 Å². The second-order valence-electron chi connectivity index (χ2n) is 26.5. The van der Waals surface area contributed by atoms with Gasteiger partial charge in [-0.05, 0) is 189 Å². The summed E-state index contributed by atoms with van der Waals surface area (Å²) in [5.41, 5.74) is 0. The molecule has 2 atom stereocenters. The molecule has 0 radical (unpaired) electrons. The molecule has 0 aliphatic carbocycles. The molecule has 4 rings (SSSR count). The first-order valence-electron chi connectivity index (χ1n) is 32.9. The van der Waals surface area contributed by atoms with E-state index >= 15 is 0 Å². The van der Waals surface area contributed by atoms with Crippen LogP contribution < -0.4 is 20.7 Å². The number of benzene rings is 4. The van der Waals surface area contributed by atoms with Gasteiger partial charge in [-0.15, -0.1) is 0 Å². The van der Waals surface area contributed by atoms with Gasteiger partial charge in [0.1, 0.15) is 0 Å². The van der Waals surface area contributed by atoms with Gasteiger partial charge < -0.3 is 62.4 Å². The van der Waals surface area contributed by atoms with Gasteiger partial charge in [0.25, 0.3) is 0 Å². The second-order valence-corrected chi connectivity index (χ2v) is 86.5. The lowest BCUT2D eigenvalue weighted by molar-refractivity contribution is 0.193. The first-order chi connectivity index (χ1) is 41.5. The van der Waals surface area contributed by atoms with Crippen LogP contribution in [0.2, 0.25) is 203 Å². The van der Waals surface area contributed by atoms with E-state index in [4.69, 9.17) is 57.6 Å². The lowest BCUT2D eigenvalue weighted by Gasteiger charge is -2.45. The van der Waals surface area contributed by atoms with Crippen molar-refractivity contribution in [3.05, 3.63) is 121 Å². The van der Waals surface area contributed by atoms with Crippen LogP contribution in [0.25, 0.3) is 0 Å². The Morgan fingerprint density at radius 1 is 0.244 bits per heavy atom. The van der Waals surface area contributed by atoms with E-state index in [-0.39, 0.29) is 0 Å². The van der Waals surface area contributed by atoms with Crippen LogP contribution in [0.3, 0.4) is 0 Å². The molecule has 1 N–H and O–H groups in total. The van der Waals surface area contributed by atoms with E-state index < -0.39 is 178 Å². The summed E-state index contributed by atoms with van der Waals surface area (Å²) in [6.45, 7) is 67.1. The molecule has 4 aromatic carbocycles. The van der Waals surface area contributed by atoms with E-state index in [1.807, 2.05) is 79.8 Å². The van der Waals surface area contributed by atoms with Crippen LogP contribution in [0.5, 0.6) is 0 Å². The fourth-order valence-electron chi connectivity index (χ4n) is 9.20. The molecule has 90 heavy (non-hydrogen) atoms. The molecule has 0 saturated carbocycles. The largest absolute Gasteiger partial charge is 0.508 e. The van der Waals surface area contributed by atoms with Crippen molar-refractivity contribution in [2.75, 3.05) is 0 Å². The van der Waals surface area contributed by atoms with E-state index in [0.29, 0.717) is 0 Å². The molecule has 0 bridgehead atoms. The maximum Gasteiger partial charge on any atom is 0.508 e. The first kappa shape index (κ1) is 90.6. The highest BCUT2D eigenvalue weighted by molar-refractivity contribution is 7.34. The van der Waals surface area contributed by atoms with E-state index in [2.05, 4.69) is 238 Å². The lowest BCUT2D eigenvalue weighted by Crippen LogP contribution is -2.72. The molecule has 0 fully saturated rings. The van der Waals surface area contributed by atoms with Gasteiger partial charge in [-0.25, -0.2) is 0 Å². The molecule has 4 aromatic rings. The maximum absolute atomic E-state index is 10.7. The van der Waals surface area contributed by atoms with Crippen molar-refractivity contribution < 1.29 is 62.4 Å². The van der Waals surface area contributed by atoms with Crippen LogP contribution in [-0.2, 0) is 57.6 Å². The molecule has 15 nitrogen and oxygen atoms in total. The smallest absolute Gasteiger partial charge is 0.461 e. The third-order valence-electron chi connectivity index (χ3n) is 11.1. The Hall–Kier alpha value is 0.618. The molecule has 35 heteroatoms. The minimum Gasteiger partial charge on any atom is -0.461 e. The second kappa shape index (κ2) is 45.3. The van der Waals surface area contributed by atoms with Gasteiger partial charge >= 0.3 is 51.9 Å². The van der Waals surface area contributed by atoms with Crippen LogP contribution in [0.15, 0.2) is 121 Å². The molecule has 0 spiro atoms. The van der Waals surface area contributed by atoms with Gasteiger partial charge in [0.05, 0.1) is 8.31 Å². The molecule has 2 unspecified atom stereocenters. The summed E-state index contributed by atoms with van der Waals surface area (Å²) < 4.78 is 89.6. The Kier molecular flexibility index (Phi) is 45.6. The predicted octanol–water partition coefficient (Wildman–Crippen LogP) is 8.66. The summed E-state index contributed by atoms with van der Waals surface area (Å²) in [6.07, 6.45) is 0. The Balaban J connectivity index is 0.00000123. The number of rotatable bonds is 33. The highest BCUT2D eigenvalue weighted by Crippen LogP contribution is 2.27. The monoisotopic (exact) mass is 1590 g/mol.